The van der Waals surface area contributed by atoms with Gasteiger partial charge in [0.25, 0.3) is 0 Å². The molecule has 0 aliphatic heterocycles. The van der Waals surface area contributed by atoms with Gasteiger partial charge in [-0.1, -0.05) is 64.7 Å². The molecular weight excluding hydrogens is 262 g/mol. The lowest BCUT2D eigenvalue weighted by atomic mass is 9.95. The summed E-state index contributed by atoms with van der Waals surface area (Å²) in [6.07, 6.45) is 15.0. The van der Waals surface area contributed by atoms with Crippen LogP contribution in [0.15, 0.2) is 0 Å². The second-order valence-corrected chi connectivity index (χ2v) is 6.69. The van der Waals surface area contributed by atoms with E-state index in [2.05, 4.69) is 18.7 Å². The molecule has 1 fully saturated rings. The lowest BCUT2D eigenvalue weighted by molar-refractivity contribution is -0.138. The summed E-state index contributed by atoms with van der Waals surface area (Å²) in [5, 5.41) is 9.05. The summed E-state index contributed by atoms with van der Waals surface area (Å²) in [5.74, 6) is -0.672. The van der Waals surface area contributed by atoms with Crippen LogP contribution in [0.3, 0.4) is 0 Å². The van der Waals surface area contributed by atoms with Crippen LogP contribution in [0.5, 0.6) is 0 Å². The van der Waals surface area contributed by atoms with Crippen molar-refractivity contribution in [2.75, 3.05) is 6.54 Å². The van der Waals surface area contributed by atoms with Gasteiger partial charge in [-0.25, -0.2) is 0 Å². The summed E-state index contributed by atoms with van der Waals surface area (Å²) in [6.45, 7) is 5.22. The highest BCUT2D eigenvalue weighted by Gasteiger charge is 2.23. The maximum absolute atomic E-state index is 11.0. The Morgan fingerprint density at radius 2 is 1.43 bits per heavy atom. The topological polar surface area (TPSA) is 40.5 Å². The predicted octanol–water partition coefficient (Wildman–Crippen LogP) is 4.84. The van der Waals surface area contributed by atoms with Gasteiger partial charge in [0.1, 0.15) is 0 Å². The van der Waals surface area contributed by atoms with Crippen LogP contribution in [0.25, 0.3) is 0 Å². The van der Waals surface area contributed by atoms with E-state index in [0.717, 1.165) is 6.54 Å². The molecule has 3 nitrogen and oxygen atoms in total. The lowest BCUT2D eigenvalue weighted by Crippen LogP contribution is -2.42. The third-order valence-corrected chi connectivity index (χ3v) is 4.95. The fraction of sp³-hybridized carbons (Fsp3) is 0.944. The average Bonchev–Trinajstić information content (AvgIpc) is 2.41. The molecule has 0 bridgehead atoms. The minimum absolute atomic E-state index is 0.158. The van der Waals surface area contributed by atoms with E-state index in [1.165, 1.54) is 70.6 Å². The third kappa shape index (κ3) is 7.85. The van der Waals surface area contributed by atoms with Crippen LogP contribution in [0.4, 0.5) is 0 Å². The molecule has 1 aliphatic carbocycles. The molecule has 0 spiro atoms. The molecule has 0 radical (unpaired) electrons. The minimum atomic E-state index is -0.672. The monoisotopic (exact) mass is 297 g/mol. The highest BCUT2D eigenvalue weighted by Crippen LogP contribution is 2.22. The first kappa shape index (κ1) is 18.5. The van der Waals surface area contributed by atoms with Gasteiger partial charge in [-0.3, -0.25) is 9.69 Å². The molecule has 0 heterocycles. The number of carboxylic acid groups (broad SMARTS) is 1. The van der Waals surface area contributed by atoms with E-state index in [4.69, 9.17) is 5.11 Å². The standard InChI is InChI=1S/C18H35NO2/c1-3-19(16(2)15-18(20)21)17-13-11-9-7-5-4-6-8-10-12-14-17/h16-17H,3-15H2,1-2H3,(H,20,21). The molecule has 1 saturated carbocycles. The molecule has 1 rings (SSSR count). The van der Waals surface area contributed by atoms with Gasteiger partial charge in [-0.15, -0.1) is 0 Å². The van der Waals surface area contributed by atoms with Gasteiger partial charge in [-0.2, -0.15) is 0 Å². The summed E-state index contributed by atoms with van der Waals surface area (Å²) in [4.78, 5) is 13.4. The van der Waals surface area contributed by atoms with E-state index in [-0.39, 0.29) is 12.5 Å². The van der Waals surface area contributed by atoms with Crippen LogP contribution in [0.2, 0.25) is 0 Å². The summed E-state index contributed by atoms with van der Waals surface area (Å²) in [5.41, 5.74) is 0. The molecule has 1 unspecified atom stereocenters. The molecule has 0 aromatic rings. The molecule has 1 atom stereocenters. The van der Waals surface area contributed by atoms with Crippen LogP contribution < -0.4 is 0 Å². The van der Waals surface area contributed by atoms with Crippen molar-refractivity contribution in [3.63, 3.8) is 0 Å². The van der Waals surface area contributed by atoms with E-state index < -0.39 is 5.97 Å². The van der Waals surface area contributed by atoms with Crippen molar-refractivity contribution in [3.8, 4) is 0 Å². The van der Waals surface area contributed by atoms with Gasteiger partial charge < -0.3 is 5.11 Å². The molecule has 21 heavy (non-hydrogen) atoms. The molecule has 0 aromatic heterocycles. The van der Waals surface area contributed by atoms with E-state index in [0.29, 0.717) is 6.04 Å². The van der Waals surface area contributed by atoms with Gasteiger partial charge in [-0.05, 0) is 26.3 Å². The Morgan fingerprint density at radius 3 is 1.81 bits per heavy atom. The van der Waals surface area contributed by atoms with Crippen LogP contribution in [-0.2, 0) is 4.79 Å². The lowest BCUT2D eigenvalue weighted by Gasteiger charge is -2.35. The van der Waals surface area contributed by atoms with Gasteiger partial charge >= 0.3 is 5.97 Å². The number of carbonyl (C=O) groups is 1. The van der Waals surface area contributed by atoms with Crippen molar-refractivity contribution >= 4 is 5.97 Å². The smallest absolute Gasteiger partial charge is 0.304 e. The summed E-state index contributed by atoms with van der Waals surface area (Å²) >= 11 is 0. The molecule has 3 heteroatoms. The van der Waals surface area contributed by atoms with Crippen LogP contribution in [0, 0.1) is 0 Å². The van der Waals surface area contributed by atoms with E-state index >= 15 is 0 Å². The zero-order valence-electron chi connectivity index (χ0n) is 14.1. The predicted molar refractivity (Wildman–Crippen MR) is 88.7 cm³/mol. The van der Waals surface area contributed by atoms with Crippen molar-refractivity contribution < 1.29 is 9.90 Å². The Morgan fingerprint density at radius 1 is 1.00 bits per heavy atom. The SMILES string of the molecule is CCN(C(C)CC(=O)O)C1CCCCCCCCCCC1. The Balaban J connectivity index is 2.55. The van der Waals surface area contributed by atoms with Crippen molar-refractivity contribution in [1.29, 1.82) is 0 Å². The number of rotatable bonds is 5. The summed E-state index contributed by atoms with van der Waals surface area (Å²) < 4.78 is 0. The van der Waals surface area contributed by atoms with Crippen molar-refractivity contribution in [2.24, 2.45) is 0 Å². The number of aliphatic carboxylic acids is 1. The first-order valence-corrected chi connectivity index (χ1v) is 9.12. The molecule has 0 amide bonds. The first-order valence-electron chi connectivity index (χ1n) is 9.12. The highest BCUT2D eigenvalue weighted by atomic mass is 16.4. The maximum atomic E-state index is 11.0. The Bertz CT molecular complexity index is 268. The van der Waals surface area contributed by atoms with E-state index in [1.54, 1.807) is 0 Å². The molecule has 124 valence electrons. The highest BCUT2D eigenvalue weighted by molar-refractivity contribution is 5.67. The molecule has 0 aromatic carbocycles. The maximum Gasteiger partial charge on any atom is 0.304 e. The van der Waals surface area contributed by atoms with Crippen molar-refractivity contribution in [1.82, 2.24) is 4.90 Å². The Kier molecular flexibility index (Phi) is 9.73. The quantitative estimate of drug-likeness (QED) is 0.789. The fourth-order valence-electron chi connectivity index (χ4n) is 3.77. The molecular formula is C18H35NO2. The zero-order valence-corrected chi connectivity index (χ0v) is 14.1. The number of hydrogen-bond acceptors (Lipinski definition) is 2. The van der Waals surface area contributed by atoms with Crippen LogP contribution >= 0.6 is 0 Å². The summed E-state index contributed by atoms with van der Waals surface area (Å²) in [6, 6.07) is 0.745. The molecule has 1 aliphatic rings. The van der Waals surface area contributed by atoms with Crippen molar-refractivity contribution in [3.05, 3.63) is 0 Å². The van der Waals surface area contributed by atoms with Gasteiger partial charge in [0, 0.05) is 12.1 Å². The number of nitrogens with zero attached hydrogens (tertiary/aromatic N) is 1. The summed E-state index contributed by atoms with van der Waals surface area (Å²) in [7, 11) is 0. The van der Waals surface area contributed by atoms with E-state index in [1.807, 2.05) is 0 Å². The second-order valence-electron chi connectivity index (χ2n) is 6.69. The Labute approximate surface area is 131 Å². The Hall–Kier alpha value is -0.570. The van der Waals surface area contributed by atoms with Crippen molar-refractivity contribution in [2.45, 2.75) is 103 Å². The largest absolute Gasteiger partial charge is 0.481 e. The first-order chi connectivity index (χ1) is 10.1. The fourth-order valence-corrected chi connectivity index (χ4v) is 3.77. The normalized spacial score (nSPS) is 21.5. The van der Waals surface area contributed by atoms with Crippen LogP contribution in [-0.4, -0.2) is 34.6 Å². The zero-order chi connectivity index (χ0) is 15.5. The molecule has 1 N–H and O–H groups in total. The van der Waals surface area contributed by atoms with Gasteiger partial charge in [0.2, 0.25) is 0 Å². The number of hydrogen-bond donors (Lipinski definition) is 1. The molecule has 0 saturated heterocycles. The average molecular weight is 297 g/mol. The third-order valence-electron chi connectivity index (χ3n) is 4.95. The van der Waals surface area contributed by atoms with Gasteiger partial charge in [0.15, 0.2) is 0 Å². The van der Waals surface area contributed by atoms with E-state index in [9.17, 15) is 4.79 Å². The van der Waals surface area contributed by atoms with Gasteiger partial charge in [0.05, 0.1) is 6.42 Å². The number of carboxylic acids is 1. The minimum Gasteiger partial charge on any atom is -0.481 e. The van der Waals surface area contributed by atoms with Crippen LogP contribution in [0.1, 0.15) is 90.9 Å². The second kappa shape index (κ2) is 11.1.